The predicted molar refractivity (Wildman–Crippen MR) is 83.8 cm³/mol. The van der Waals surface area contributed by atoms with E-state index in [0.717, 1.165) is 24.3 Å². The highest BCUT2D eigenvalue weighted by Crippen LogP contribution is 2.18. The molecular formula is C17H27NO3. The number of aliphatic hydroxyl groups excluding tert-OH is 1. The van der Waals surface area contributed by atoms with Gasteiger partial charge in [0.1, 0.15) is 5.75 Å². The molecule has 21 heavy (non-hydrogen) atoms. The Labute approximate surface area is 127 Å². The summed E-state index contributed by atoms with van der Waals surface area (Å²) in [5.74, 6) is 0.866. The Hall–Kier alpha value is -1.55. The number of unbranched alkanes of at least 4 members (excludes halogenated alkanes) is 2. The second kappa shape index (κ2) is 9.40. The highest BCUT2D eigenvalue weighted by atomic mass is 16.3. The molecule has 3 N–H and O–H groups in total. The monoisotopic (exact) mass is 293 g/mol. The summed E-state index contributed by atoms with van der Waals surface area (Å²) in [4.78, 5) is 11.7. The molecular weight excluding hydrogens is 266 g/mol. The number of carbonyl (C=O) groups is 1. The van der Waals surface area contributed by atoms with Gasteiger partial charge in [-0.3, -0.25) is 4.79 Å². The minimum atomic E-state index is -0.205. The van der Waals surface area contributed by atoms with Crippen LogP contribution >= 0.6 is 0 Å². The lowest BCUT2D eigenvalue weighted by atomic mass is 10.0. The fourth-order valence-corrected chi connectivity index (χ4v) is 2.18. The van der Waals surface area contributed by atoms with Gasteiger partial charge in [-0.15, -0.1) is 0 Å². The van der Waals surface area contributed by atoms with Gasteiger partial charge in [0.25, 0.3) is 0 Å². The third-order valence-corrected chi connectivity index (χ3v) is 3.49. The van der Waals surface area contributed by atoms with Crippen molar-refractivity contribution in [2.24, 2.45) is 5.92 Å². The number of hydrogen-bond donors (Lipinski definition) is 3. The number of aromatic hydroxyl groups is 1. The Morgan fingerprint density at radius 3 is 2.67 bits per heavy atom. The summed E-state index contributed by atoms with van der Waals surface area (Å²) in [5.41, 5.74) is 1.36. The highest BCUT2D eigenvalue weighted by molar-refractivity contribution is 5.75. The topological polar surface area (TPSA) is 69.6 Å². The van der Waals surface area contributed by atoms with E-state index < -0.39 is 0 Å². The molecule has 0 aliphatic heterocycles. The van der Waals surface area contributed by atoms with Crippen LogP contribution in [-0.4, -0.2) is 16.1 Å². The molecule has 0 saturated carbocycles. The van der Waals surface area contributed by atoms with E-state index in [-0.39, 0.29) is 18.3 Å². The van der Waals surface area contributed by atoms with Crippen molar-refractivity contribution in [3.63, 3.8) is 0 Å². The summed E-state index contributed by atoms with van der Waals surface area (Å²) >= 11 is 0. The zero-order valence-corrected chi connectivity index (χ0v) is 13.1. The minimum Gasteiger partial charge on any atom is -0.508 e. The molecule has 4 nitrogen and oxygen atoms in total. The molecule has 0 atom stereocenters. The molecule has 1 aromatic rings. The number of carbonyl (C=O) groups excluding carboxylic acids is 1. The van der Waals surface area contributed by atoms with Gasteiger partial charge in [-0.25, -0.2) is 0 Å². The molecule has 1 rings (SSSR count). The van der Waals surface area contributed by atoms with E-state index >= 15 is 0 Å². The van der Waals surface area contributed by atoms with Gasteiger partial charge in [0.05, 0.1) is 6.61 Å². The van der Waals surface area contributed by atoms with Crippen molar-refractivity contribution in [1.82, 2.24) is 5.32 Å². The summed E-state index contributed by atoms with van der Waals surface area (Å²) in [6.07, 6.45) is 4.99. The average molecular weight is 293 g/mol. The standard InChI is InChI=1S/C17H27NO3/c1-13(2)6-4-3-5-7-17(21)18-11-14-8-9-16(20)15(10-14)12-19/h8-10,13,19-20H,3-7,11-12H2,1-2H3,(H,18,21). The van der Waals surface area contributed by atoms with Crippen molar-refractivity contribution >= 4 is 5.91 Å². The van der Waals surface area contributed by atoms with E-state index in [4.69, 9.17) is 5.11 Å². The van der Waals surface area contributed by atoms with Gasteiger partial charge >= 0.3 is 0 Å². The molecule has 0 aromatic heterocycles. The van der Waals surface area contributed by atoms with Crippen molar-refractivity contribution in [3.8, 4) is 5.75 Å². The Morgan fingerprint density at radius 1 is 1.24 bits per heavy atom. The van der Waals surface area contributed by atoms with Gasteiger partial charge in [-0.2, -0.15) is 0 Å². The molecule has 0 saturated heterocycles. The van der Waals surface area contributed by atoms with Gasteiger partial charge in [0.15, 0.2) is 0 Å². The van der Waals surface area contributed by atoms with Crippen LogP contribution in [-0.2, 0) is 17.9 Å². The van der Waals surface area contributed by atoms with Gasteiger partial charge < -0.3 is 15.5 Å². The Kier molecular flexibility index (Phi) is 7.83. The maximum Gasteiger partial charge on any atom is 0.220 e. The third kappa shape index (κ3) is 7.14. The second-order valence-electron chi connectivity index (χ2n) is 5.89. The number of phenols is 1. The van der Waals surface area contributed by atoms with Crippen LogP contribution in [0.3, 0.4) is 0 Å². The Bertz CT molecular complexity index is 444. The molecule has 0 fully saturated rings. The van der Waals surface area contributed by atoms with Gasteiger partial charge in [-0.05, 0) is 30.0 Å². The van der Waals surface area contributed by atoms with E-state index in [2.05, 4.69) is 19.2 Å². The largest absolute Gasteiger partial charge is 0.508 e. The lowest BCUT2D eigenvalue weighted by Gasteiger charge is -2.08. The van der Waals surface area contributed by atoms with E-state index in [1.165, 1.54) is 12.8 Å². The van der Waals surface area contributed by atoms with E-state index in [0.29, 0.717) is 18.5 Å². The number of amides is 1. The van der Waals surface area contributed by atoms with Gasteiger partial charge in [-0.1, -0.05) is 39.2 Å². The second-order valence-corrected chi connectivity index (χ2v) is 5.89. The quantitative estimate of drug-likeness (QED) is 0.613. The fraction of sp³-hybridized carbons (Fsp3) is 0.588. The third-order valence-electron chi connectivity index (χ3n) is 3.49. The highest BCUT2D eigenvalue weighted by Gasteiger charge is 2.04. The Morgan fingerprint density at radius 2 is 2.00 bits per heavy atom. The zero-order valence-electron chi connectivity index (χ0n) is 13.1. The molecule has 4 heteroatoms. The summed E-state index contributed by atoms with van der Waals surface area (Å²) in [7, 11) is 0. The SMILES string of the molecule is CC(C)CCCCCC(=O)NCc1ccc(O)c(CO)c1. The molecule has 1 aromatic carbocycles. The number of benzene rings is 1. The van der Waals surface area contributed by atoms with Crippen molar-refractivity contribution in [2.45, 2.75) is 59.1 Å². The van der Waals surface area contributed by atoms with Crippen LogP contribution in [0.5, 0.6) is 5.75 Å². The fourth-order valence-electron chi connectivity index (χ4n) is 2.18. The van der Waals surface area contributed by atoms with Crippen LogP contribution in [0, 0.1) is 5.92 Å². The molecule has 1 amide bonds. The van der Waals surface area contributed by atoms with Crippen LogP contribution in [0.4, 0.5) is 0 Å². The molecule has 0 aliphatic carbocycles. The van der Waals surface area contributed by atoms with Crippen LogP contribution in [0.15, 0.2) is 18.2 Å². The molecule has 0 unspecified atom stereocenters. The minimum absolute atomic E-state index is 0.0539. The lowest BCUT2D eigenvalue weighted by Crippen LogP contribution is -2.22. The summed E-state index contributed by atoms with van der Waals surface area (Å²) in [6, 6.07) is 4.99. The smallest absolute Gasteiger partial charge is 0.220 e. The summed E-state index contributed by atoms with van der Waals surface area (Å²) in [6.45, 7) is 4.65. The first-order valence-corrected chi connectivity index (χ1v) is 7.71. The van der Waals surface area contributed by atoms with Crippen LogP contribution in [0.25, 0.3) is 0 Å². The van der Waals surface area contributed by atoms with Crippen molar-refractivity contribution in [1.29, 1.82) is 0 Å². The molecule has 118 valence electrons. The van der Waals surface area contributed by atoms with Crippen molar-refractivity contribution in [3.05, 3.63) is 29.3 Å². The first-order valence-electron chi connectivity index (χ1n) is 7.71. The van der Waals surface area contributed by atoms with Gasteiger partial charge in [0.2, 0.25) is 5.91 Å². The maximum atomic E-state index is 11.7. The molecule has 0 bridgehead atoms. The molecule has 0 aliphatic rings. The number of nitrogens with one attached hydrogen (secondary N) is 1. The lowest BCUT2D eigenvalue weighted by molar-refractivity contribution is -0.121. The molecule has 0 heterocycles. The molecule has 0 spiro atoms. The van der Waals surface area contributed by atoms with Crippen molar-refractivity contribution in [2.75, 3.05) is 0 Å². The number of hydrogen-bond acceptors (Lipinski definition) is 3. The van der Waals surface area contributed by atoms with E-state index in [1.54, 1.807) is 18.2 Å². The maximum absolute atomic E-state index is 11.7. The van der Waals surface area contributed by atoms with Crippen molar-refractivity contribution < 1.29 is 15.0 Å². The van der Waals surface area contributed by atoms with Crippen LogP contribution < -0.4 is 5.32 Å². The average Bonchev–Trinajstić information content (AvgIpc) is 2.45. The summed E-state index contributed by atoms with van der Waals surface area (Å²) in [5, 5.41) is 21.4. The normalized spacial score (nSPS) is 10.9. The molecule has 0 radical (unpaired) electrons. The summed E-state index contributed by atoms with van der Waals surface area (Å²) < 4.78 is 0. The predicted octanol–water partition coefficient (Wildman–Crippen LogP) is 3.11. The Balaban J connectivity index is 2.24. The van der Waals surface area contributed by atoms with Crippen LogP contribution in [0.1, 0.15) is 57.1 Å². The number of aliphatic hydroxyl groups is 1. The van der Waals surface area contributed by atoms with E-state index in [9.17, 15) is 9.90 Å². The van der Waals surface area contributed by atoms with Crippen LogP contribution in [0.2, 0.25) is 0 Å². The first-order chi connectivity index (χ1) is 10.0. The zero-order chi connectivity index (χ0) is 15.7. The van der Waals surface area contributed by atoms with E-state index in [1.807, 2.05) is 0 Å². The number of rotatable bonds is 9. The van der Waals surface area contributed by atoms with Gasteiger partial charge in [0, 0.05) is 18.5 Å². The first kappa shape index (κ1) is 17.5.